The van der Waals surface area contributed by atoms with Crippen molar-refractivity contribution in [1.29, 1.82) is 0 Å². The molecule has 1 aliphatic heterocycles. The van der Waals surface area contributed by atoms with Crippen LogP contribution in [0.1, 0.15) is 19.4 Å². The van der Waals surface area contributed by atoms with Gasteiger partial charge in [-0.2, -0.15) is 0 Å². The number of carbonyl (C=O) groups is 2. The number of carboxylic acid groups (broad SMARTS) is 1. The van der Waals surface area contributed by atoms with Gasteiger partial charge >= 0.3 is 0 Å². The zero-order chi connectivity index (χ0) is 18.0. The summed E-state index contributed by atoms with van der Waals surface area (Å²) in [5.41, 5.74) is 0.0978. The van der Waals surface area contributed by atoms with Crippen LogP contribution in [0.5, 0.6) is 0 Å². The molecule has 2 rings (SSSR count). The van der Waals surface area contributed by atoms with E-state index in [9.17, 15) is 24.8 Å². The Hall–Kier alpha value is -2.26. The second-order valence-corrected chi connectivity index (χ2v) is 7.05. The van der Waals surface area contributed by atoms with Crippen molar-refractivity contribution < 1.29 is 19.6 Å². The van der Waals surface area contributed by atoms with Crippen molar-refractivity contribution in [2.75, 3.05) is 0 Å². The lowest BCUT2D eigenvalue weighted by Crippen LogP contribution is -2.52. The summed E-state index contributed by atoms with van der Waals surface area (Å²) in [5, 5.41) is 22.4. The maximum atomic E-state index is 12.5. The Morgan fingerprint density at radius 3 is 2.54 bits per heavy atom. The van der Waals surface area contributed by atoms with Gasteiger partial charge in [-0.1, -0.05) is 50.0 Å². The van der Waals surface area contributed by atoms with Gasteiger partial charge in [0.2, 0.25) is 0 Å². The number of amides is 1. The number of carboxylic acids is 1. The van der Waals surface area contributed by atoms with Gasteiger partial charge in [-0.15, -0.1) is 0 Å². The predicted octanol–water partition coefficient (Wildman–Crippen LogP) is 1.57. The summed E-state index contributed by atoms with van der Waals surface area (Å²) < 4.78 is 0.0905. The van der Waals surface area contributed by atoms with Gasteiger partial charge < -0.3 is 9.90 Å². The summed E-state index contributed by atoms with van der Waals surface area (Å²) in [4.78, 5) is 35.5. The van der Waals surface area contributed by atoms with Crippen LogP contribution < -0.4 is 5.11 Å². The molecule has 1 atom stereocenters. The second kappa shape index (κ2) is 7.10. The fourth-order valence-corrected chi connectivity index (χ4v) is 3.63. The van der Waals surface area contributed by atoms with Gasteiger partial charge in [0.25, 0.3) is 11.6 Å². The number of para-hydroxylation sites is 1. The van der Waals surface area contributed by atoms with E-state index in [1.54, 1.807) is 19.9 Å². The molecule has 1 heterocycles. The Bertz CT molecular complexity index is 760. The highest BCUT2D eigenvalue weighted by Crippen LogP contribution is 2.36. The smallest absolute Gasteiger partial charge is 0.276 e. The number of thioether (sulfide) groups is 1. The standard InChI is InChI=1S/C15H14N2O5S2/c1-8(2)12(14(19)20)16-13(18)11(24-15(16)23)7-9-5-3-4-6-10(9)17(21)22/h3-8,12H,1-2H3,(H,19,20)/p-1/b11-7-/t12-/m1/s1. The molecule has 0 aliphatic carbocycles. The first-order chi connectivity index (χ1) is 11.2. The van der Waals surface area contributed by atoms with E-state index in [1.807, 2.05) is 0 Å². The first-order valence-electron chi connectivity index (χ1n) is 6.95. The van der Waals surface area contributed by atoms with Crippen LogP contribution in [0, 0.1) is 16.0 Å². The monoisotopic (exact) mass is 365 g/mol. The van der Waals surface area contributed by atoms with Crippen molar-refractivity contribution in [2.45, 2.75) is 19.9 Å². The number of benzene rings is 1. The highest BCUT2D eigenvalue weighted by atomic mass is 32.2. The van der Waals surface area contributed by atoms with Crippen LogP contribution in [-0.2, 0) is 9.59 Å². The van der Waals surface area contributed by atoms with E-state index in [-0.39, 0.29) is 20.5 Å². The van der Waals surface area contributed by atoms with Gasteiger partial charge in [0.15, 0.2) is 0 Å². The third-order valence-corrected chi connectivity index (χ3v) is 4.73. The average molecular weight is 365 g/mol. The molecule has 0 bridgehead atoms. The van der Waals surface area contributed by atoms with E-state index in [0.717, 1.165) is 16.7 Å². The maximum absolute atomic E-state index is 12.5. The van der Waals surface area contributed by atoms with Gasteiger partial charge in [0.1, 0.15) is 4.32 Å². The van der Waals surface area contributed by atoms with E-state index >= 15 is 0 Å². The van der Waals surface area contributed by atoms with Crippen molar-refractivity contribution in [2.24, 2.45) is 5.92 Å². The molecule has 0 aromatic heterocycles. The lowest BCUT2D eigenvalue weighted by atomic mass is 10.0. The third-order valence-electron chi connectivity index (χ3n) is 3.39. The molecule has 0 N–H and O–H groups in total. The molecule has 1 aliphatic rings. The van der Waals surface area contributed by atoms with Crippen molar-refractivity contribution in [3.8, 4) is 0 Å². The molecule has 1 amide bonds. The molecule has 7 nitrogen and oxygen atoms in total. The van der Waals surface area contributed by atoms with Gasteiger partial charge in [-0.3, -0.25) is 19.8 Å². The number of thiocarbonyl (C=S) groups is 1. The molecule has 0 spiro atoms. The molecule has 0 radical (unpaired) electrons. The summed E-state index contributed by atoms with van der Waals surface area (Å²) in [6, 6.07) is 4.77. The van der Waals surface area contributed by atoms with Crippen LogP contribution in [0.2, 0.25) is 0 Å². The Balaban J connectivity index is 2.42. The normalized spacial score (nSPS) is 17.6. The van der Waals surface area contributed by atoms with E-state index in [2.05, 4.69) is 0 Å². The number of nitro benzene ring substituents is 1. The van der Waals surface area contributed by atoms with Crippen LogP contribution in [0.3, 0.4) is 0 Å². The summed E-state index contributed by atoms with van der Waals surface area (Å²) in [5.74, 6) is -2.39. The summed E-state index contributed by atoms with van der Waals surface area (Å²) in [6.07, 6.45) is 1.35. The molecule has 9 heteroatoms. The quantitative estimate of drug-likeness (QED) is 0.338. The first-order valence-corrected chi connectivity index (χ1v) is 8.18. The number of rotatable bonds is 5. The Labute approximate surface area is 147 Å². The van der Waals surface area contributed by atoms with Gasteiger partial charge in [-0.25, -0.2) is 0 Å². The van der Waals surface area contributed by atoms with Crippen LogP contribution in [0.4, 0.5) is 5.69 Å². The van der Waals surface area contributed by atoms with E-state index < -0.39 is 28.8 Å². The average Bonchev–Trinajstić information content (AvgIpc) is 2.75. The largest absolute Gasteiger partial charge is 0.548 e. The number of hydrogen-bond donors (Lipinski definition) is 0. The van der Waals surface area contributed by atoms with Crippen LogP contribution in [0.25, 0.3) is 6.08 Å². The van der Waals surface area contributed by atoms with E-state index in [4.69, 9.17) is 12.2 Å². The lowest BCUT2D eigenvalue weighted by Gasteiger charge is -2.30. The Morgan fingerprint density at radius 1 is 1.38 bits per heavy atom. The Morgan fingerprint density at radius 2 is 2.00 bits per heavy atom. The van der Waals surface area contributed by atoms with Crippen molar-refractivity contribution in [3.63, 3.8) is 0 Å². The van der Waals surface area contributed by atoms with Crippen LogP contribution >= 0.6 is 24.0 Å². The van der Waals surface area contributed by atoms with Gasteiger partial charge in [0, 0.05) is 6.07 Å². The number of carbonyl (C=O) groups excluding carboxylic acids is 2. The molecule has 1 aromatic rings. The number of nitro groups is 1. The second-order valence-electron chi connectivity index (χ2n) is 5.38. The Kier molecular flexibility index (Phi) is 5.35. The van der Waals surface area contributed by atoms with E-state index in [0.29, 0.717) is 0 Å². The molecule has 0 saturated carbocycles. The maximum Gasteiger partial charge on any atom is 0.276 e. The minimum absolute atomic E-state index is 0.0905. The molecule has 126 valence electrons. The highest BCUT2D eigenvalue weighted by Gasteiger charge is 2.39. The molecular weight excluding hydrogens is 352 g/mol. The fraction of sp³-hybridized carbons (Fsp3) is 0.267. The molecule has 24 heavy (non-hydrogen) atoms. The summed E-state index contributed by atoms with van der Waals surface area (Å²) in [7, 11) is 0. The highest BCUT2D eigenvalue weighted by molar-refractivity contribution is 8.26. The molecule has 1 aromatic carbocycles. The number of hydrogen-bond acceptors (Lipinski definition) is 7. The van der Waals surface area contributed by atoms with Gasteiger partial charge in [0.05, 0.1) is 27.4 Å². The van der Waals surface area contributed by atoms with Crippen molar-refractivity contribution in [1.82, 2.24) is 4.90 Å². The summed E-state index contributed by atoms with van der Waals surface area (Å²) >= 11 is 6.03. The van der Waals surface area contributed by atoms with Crippen molar-refractivity contribution in [3.05, 3.63) is 44.8 Å². The molecular formula is C15H13N2O5S2-. The fourth-order valence-electron chi connectivity index (χ4n) is 2.31. The van der Waals surface area contributed by atoms with Gasteiger partial charge in [-0.05, 0) is 18.1 Å². The van der Waals surface area contributed by atoms with Crippen LogP contribution in [-0.4, -0.2) is 32.1 Å². The predicted molar refractivity (Wildman–Crippen MR) is 91.7 cm³/mol. The lowest BCUT2D eigenvalue weighted by molar-refractivity contribution is -0.385. The van der Waals surface area contributed by atoms with Crippen molar-refractivity contribution >= 4 is 51.9 Å². The zero-order valence-corrected chi connectivity index (χ0v) is 14.4. The van der Waals surface area contributed by atoms with E-state index in [1.165, 1.54) is 24.3 Å². The molecule has 0 unspecified atom stereocenters. The number of nitrogens with zero attached hydrogens (tertiary/aromatic N) is 2. The first kappa shape index (κ1) is 18.1. The minimum atomic E-state index is -1.40. The minimum Gasteiger partial charge on any atom is -0.548 e. The van der Waals surface area contributed by atoms with Crippen LogP contribution in [0.15, 0.2) is 29.2 Å². The zero-order valence-electron chi connectivity index (χ0n) is 12.8. The topological polar surface area (TPSA) is 104 Å². The summed E-state index contributed by atoms with van der Waals surface area (Å²) in [6.45, 7) is 3.29. The number of aliphatic carboxylic acids is 1. The third kappa shape index (κ3) is 3.46. The molecule has 1 saturated heterocycles. The SMILES string of the molecule is CC(C)[C@H](C(=O)[O-])N1C(=O)/C(=C/c2ccccc2[N+](=O)[O-])SC1=S. The molecule has 1 fully saturated rings.